The lowest BCUT2D eigenvalue weighted by Gasteiger charge is -2.12. The molecule has 13 aromatic rings. The first kappa shape index (κ1) is 33.6. The SMILES string of the molecule is c1ccc(-c2nc(-c3ccccc3)nc(-n3c4ccccc4c4cc(-n5c6ccccc6c6c7c8ccccc8n(-c8cccc9ccccc89)c7ccc65)ccc43)n2)cc1. The molecule has 0 saturated carbocycles. The fraction of sp³-hybridized carbons (Fsp3) is 0. The molecule has 0 aliphatic heterocycles. The Morgan fingerprint density at radius 3 is 1.43 bits per heavy atom. The summed E-state index contributed by atoms with van der Waals surface area (Å²) in [5.41, 5.74) is 10.9. The van der Waals surface area contributed by atoms with Gasteiger partial charge in [0.25, 0.3) is 0 Å². The molecule has 0 unspecified atom stereocenters. The molecule has 4 aromatic heterocycles. The molecule has 0 saturated heterocycles. The zero-order valence-electron chi connectivity index (χ0n) is 32.8. The monoisotopic (exact) mass is 778 g/mol. The summed E-state index contributed by atoms with van der Waals surface area (Å²) in [7, 11) is 0. The summed E-state index contributed by atoms with van der Waals surface area (Å²) in [6, 6.07) is 73.2. The molecule has 0 bridgehead atoms. The largest absolute Gasteiger partial charge is 0.309 e. The molecule has 0 aliphatic rings. The highest BCUT2D eigenvalue weighted by molar-refractivity contribution is 6.29. The molecule has 61 heavy (non-hydrogen) atoms. The molecule has 0 atom stereocenters. The fourth-order valence-electron chi connectivity index (χ4n) is 9.67. The zero-order chi connectivity index (χ0) is 40.0. The van der Waals surface area contributed by atoms with Crippen molar-refractivity contribution in [1.82, 2.24) is 28.7 Å². The molecule has 0 radical (unpaired) electrons. The Labute approximate surface area is 349 Å². The highest BCUT2D eigenvalue weighted by Gasteiger charge is 2.23. The van der Waals surface area contributed by atoms with Crippen LogP contribution in [0.5, 0.6) is 0 Å². The van der Waals surface area contributed by atoms with E-state index in [2.05, 4.69) is 159 Å². The first-order valence-corrected chi connectivity index (χ1v) is 20.6. The van der Waals surface area contributed by atoms with Crippen LogP contribution in [0.2, 0.25) is 0 Å². The third-order valence-electron chi connectivity index (χ3n) is 12.3. The van der Waals surface area contributed by atoms with Gasteiger partial charge >= 0.3 is 0 Å². The molecular weight excluding hydrogens is 745 g/mol. The van der Waals surface area contributed by atoms with E-state index in [1.807, 2.05) is 60.7 Å². The zero-order valence-corrected chi connectivity index (χ0v) is 32.8. The maximum Gasteiger partial charge on any atom is 0.238 e. The van der Waals surface area contributed by atoms with E-state index in [0.717, 1.165) is 49.7 Å². The molecule has 13 rings (SSSR count). The van der Waals surface area contributed by atoms with Crippen LogP contribution in [0.4, 0.5) is 0 Å². The highest BCUT2D eigenvalue weighted by Crippen LogP contribution is 2.44. The quantitative estimate of drug-likeness (QED) is 0.175. The van der Waals surface area contributed by atoms with Gasteiger partial charge in [-0.15, -0.1) is 0 Å². The smallest absolute Gasteiger partial charge is 0.238 e. The Morgan fingerprint density at radius 1 is 0.295 bits per heavy atom. The van der Waals surface area contributed by atoms with Gasteiger partial charge in [0.05, 0.1) is 38.8 Å². The topological polar surface area (TPSA) is 53.5 Å². The number of nitrogens with zero attached hydrogens (tertiary/aromatic N) is 6. The first-order chi connectivity index (χ1) is 30.3. The van der Waals surface area contributed by atoms with Crippen LogP contribution < -0.4 is 0 Å². The number of benzene rings is 9. The number of aromatic nitrogens is 6. The molecule has 0 N–H and O–H groups in total. The lowest BCUT2D eigenvalue weighted by atomic mass is 10.1. The fourth-order valence-corrected chi connectivity index (χ4v) is 9.67. The summed E-state index contributed by atoms with van der Waals surface area (Å²) in [4.78, 5) is 15.3. The molecule has 6 heteroatoms. The summed E-state index contributed by atoms with van der Waals surface area (Å²) in [6.45, 7) is 0. The van der Waals surface area contributed by atoms with Gasteiger partial charge in [-0.3, -0.25) is 4.57 Å². The maximum atomic E-state index is 5.15. The van der Waals surface area contributed by atoms with E-state index < -0.39 is 0 Å². The van der Waals surface area contributed by atoms with Crippen molar-refractivity contribution in [1.29, 1.82) is 0 Å². The molecular formula is C55H34N6. The van der Waals surface area contributed by atoms with Crippen molar-refractivity contribution in [2.75, 3.05) is 0 Å². The molecule has 0 spiro atoms. The third-order valence-corrected chi connectivity index (χ3v) is 12.3. The van der Waals surface area contributed by atoms with Gasteiger partial charge in [0.15, 0.2) is 11.6 Å². The van der Waals surface area contributed by atoms with Crippen LogP contribution in [-0.4, -0.2) is 28.7 Å². The van der Waals surface area contributed by atoms with Crippen molar-refractivity contribution < 1.29 is 0 Å². The summed E-state index contributed by atoms with van der Waals surface area (Å²) in [6.07, 6.45) is 0. The third kappa shape index (κ3) is 5.00. The van der Waals surface area contributed by atoms with Crippen molar-refractivity contribution in [3.8, 4) is 40.1 Å². The molecule has 9 aromatic carbocycles. The Balaban J connectivity index is 1.07. The second kappa shape index (κ2) is 13.1. The van der Waals surface area contributed by atoms with Crippen LogP contribution in [0, 0.1) is 0 Å². The Morgan fingerprint density at radius 2 is 0.770 bits per heavy atom. The molecule has 284 valence electrons. The second-order valence-electron chi connectivity index (χ2n) is 15.6. The van der Waals surface area contributed by atoms with Crippen LogP contribution in [0.25, 0.3) is 116 Å². The predicted octanol–water partition coefficient (Wildman–Crippen LogP) is 13.7. The van der Waals surface area contributed by atoms with Crippen molar-refractivity contribution in [2.45, 2.75) is 0 Å². The minimum atomic E-state index is 0.577. The number of fused-ring (bicyclic) bond motifs is 11. The second-order valence-corrected chi connectivity index (χ2v) is 15.6. The van der Waals surface area contributed by atoms with Crippen LogP contribution in [-0.2, 0) is 0 Å². The minimum absolute atomic E-state index is 0.577. The van der Waals surface area contributed by atoms with Crippen molar-refractivity contribution in [3.05, 3.63) is 206 Å². The molecule has 0 aliphatic carbocycles. The van der Waals surface area contributed by atoms with Gasteiger partial charge in [-0.25, -0.2) is 4.98 Å². The normalized spacial score (nSPS) is 11.9. The van der Waals surface area contributed by atoms with E-state index >= 15 is 0 Å². The highest BCUT2D eigenvalue weighted by atomic mass is 15.2. The van der Waals surface area contributed by atoms with Crippen molar-refractivity contribution in [3.63, 3.8) is 0 Å². The lowest BCUT2D eigenvalue weighted by molar-refractivity contribution is 0.953. The van der Waals surface area contributed by atoms with Crippen LogP contribution in [0.3, 0.4) is 0 Å². The molecule has 0 amide bonds. The maximum absolute atomic E-state index is 5.15. The van der Waals surface area contributed by atoms with Gasteiger partial charge in [-0.05, 0) is 60.0 Å². The Kier molecular flexibility index (Phi) is 7.21. The summed E-state index contributed by atoms with van der Waals surface area (Å²) in [5, 5.41) is 9.67. The Hall–Kier alpha value is -8.35. The summed E-state index contributed by atoms with van der Waals surface area (Å²) in [5.74, 6) is 1.84. The molecule has 6 nitrogen and oxygen atoms in total. The van der Waals surface area contributed by atoms with E-state index in [1.165, 1.54) is 49.0 Å². The van der Waals surface area contributed by atoms with Gasteiger partial charge in [0, 0.05) is 54.5 Å². The van der Waals surface area contributed by atoms with Gasteiger partial charge in [-0.2, -0.15) is 9.97 Å². The number of hydrogen-bond donors (Lipinski definition) is 0. The first-order valence-electron chi connectivity index (χ1n) is 20.6. The van der Waals surface area contributed by atoms with Crippen LogP contribution in [0.1, 0.15) is 0 Å². The van der Waals surface area contributed by atoms with Gasteiger partial charge < -0.3 is 9.13 Å². The summed E-state index contributed by atoms with van der Waals surface area (Å²) >= 11 is 0. The Bertz CT molecular complexity index is 3810. The van der Waals surface area contributed by atoms with Crippen molar-refractivity contribution in [2.24, 2.45) is 0 Å². The van der Waals surface area contributed by atoms with Gasteiger partial charge in [-0.1, -0.05) is 152 Å². The van der Waals surface area contributed by atoms with E-state index in [1.54, 1.807) is 0 Å². The van der Waals surface area contributed by atoms with E-state index in [0.29, 0.717) is 17.6 Å². The number of para-hydroxylation sites is 3. The lowest BCUT2D eigenvalue weighted by Crippen LogP contribution is -2.06. The van der Waals surface area contributed by atoms with E-state index in [9.17, 15) is 0 Å². The van der Waals surface area contributed by atoms with Crippen LogP contribution in [0.15, 0.2) is 206 Å². The molecule has 0 fully saturated rings. The van der Waals surface area contributed by atoms with Crippen LogP contribution >= 0.6 is 0 Å². The average molecular weight is 779 g/mol. The minimum Gasteiger partial charge on any atom is -0.309 e. The van der Waals surface area contributed by atoms with E-state index in [-0.39, 0.29) is 0 Å². The van der Waals surface area contributed by atoms with Gasteiger partial charge in [0.2, 0.25) is 5.95 Å². The number of rotatable bonds is 5. The predicted molar refractivity (Wildman–Crippen MR) is 251 cm³/mol. The van der Waals surface area contributed by atoms with E-state index in [4.69, 9.17) is 15.0 Å². The summed E-state index contributed by atoms with van der Waals surface area (Å²) < 4.78 is 7.07. The number of hydrogen-bond acceptors (Lipinski definition) is 3. The average Bonchev–Trinajstić information content (AvgIpc) is 3.97. The van der Waals surface area contributed by atoms with Gasteiger partial charge in [0.1, 0.15) is 0 Å². The standard InChI is InChI=1S/C55H34N6/c1-3-17-36(18-4-1)53-56-54(37-19-5-2-6-20-37)58-55(57-53)61-45-26-12-9-23-40(45)43-34-38(30-31-48(43)61)59-46-27-13-10-24-41(46)51-49(59)32-33-50-52(51)42-25-11-14-28-47(42)60(50)44-29-15-21-35-16-7-8-22-39(35)44/h1-34H. The molecule has 4 heterocycles. The van der Waals surface area contributed by atoms with Crippen molar-refractivity contribution >= 4 is 76.2 Å².